The van der Waals surface area contributed by atoms with Crippen LogP contribution in [0, 0.1) is 11.6 Å². The molecule has 0 aromatic heterocycles. The number of nitrogens with one attached hydrogen (secondary N) is 1. The summed E-state index contributed by atoms with van der Waals surface area (Å²) in [6.45, 7) is 0. The summed E-state index contributed by atoms with van der Waals surface area (Å²) in [4.78, 5) is 0. The molecule has 0 bridgehead atoms. The van der Waals surface area contributed by atoms with E-state index in [2.05, 4.69) is 33.4 Å². The fourth-order valence-electron chi connectivity index (χ4n) is 2.59. The number of benzene rings is 2. The van der Waals surface area contributed by atoms with Gasteiger partial charge in [-0.2, -0.15) is 0 Å². The molecule has 1 fully saturated rings. The SMILES string of the molecule is Fc1cc(NC2CC(c3ccccc3)C2)c(F)cc1Br. The van der Waals surface area contributed by atoms with E-state index >= 15 is 0 Å². The average molecular weight is 338 g/mol. The van der Waals surface area contributed by atoms with Crippen molar-refractivity contribution >= 4 is 21.6 Å². The zero-order valence-electron chi connectivity index (χ0n) is 10.7. The van der Waals surface area contributed by atoms with E-state index in [1.807, 2.05) is 18.2 Å². The molecule has 1 nitrogen and oxygen atoms in total. The van der Waals surface area contributed by atoms with Gasteiger partial charge in [0.2, 0.25) is 0 Å². The molecule has 1 saturated carbocycles. The number of rotatable bonds is 3. The van der Waals surface area contributed by atoms with Crippen molar-refractivity contribution in [2.45, 2.75) is 24.8 Å². The minimum Gasteiger partial charge on any atom is -0.380 e. The Morgan fingerprint density at radius 2 is 1.70 bits per heavy atom. The molecule has 2 aromatic rings. The van der Waals surface area contributed by atoms with E-state index in [9.17, 15) is 8.78 Å². The Labute approximate surface area is 125 Å². The lowest BCUT2D eigenvalue weighted by molar-refractivity contribution is 0.372. The third-order valence-electron chi connectivity index (χ3n) is 3.78. The van der Waals surface area contributed by atoms with Gasteiger partial charge in [-0.05, 0) is 46.3 Å². The van der Waals surface area contributed by atoms with E-state index in [-0.39, 0.29) is 16.2 Å². The minimum atomic E-state index is -0.451. The summed E-state index contributed by atoms with van der Waals surface area (Å²) in [6, 6.07) is 12.8. The molecule has 0 atom stereocenters. The van der Waals surface area contributed by atoms with Crippen LogP contribution in [0.1, 0.15) is 24.3 Å². The van der Waals surface area contributed by atoms with E-state index in [4.69, 9.17) is 0 Å². The Hall–Kier alpha value is -1.42. The maximum Gasteiger partial charge on any atom is 0.147 e. The first-order valence-electron chi connectivity index (χ1n) is 6.59. The highest BCUT2D eigenvalue weighted by Gasteiger charge is 2.30. The molecular formula is C16H14BrF2N. The maximum atomic E-state index is 13.7. The summed E-state index contributed by atoms with van der Waals surface area (Å²) >= 11 is 2.97. The molecule has 0 amide bonds. The van der Waals surface area contributed by atoms with Gasteiger partial charge in [0.05, 0.1) is 10.2 Å². The standard InChI is InChI=1S/C16H14BrF2N/c17-13-8-15(19)16(9-14(13)18)20-12-6-11(7-12)10-4-2-1-3-5-10/h1-5,8-9,11-12,20H,6-7H2. The van der Waals surface area contributed by atoms with Crippen molar-refractivity contribution < 1.29 is 8.78 Å². The zero-order valence-corrected chi connectivity index (χ0v) is 12.3. The van der Waals surface area contributed by atoms with Crippen LogP contribution >= 0.6 is 15.9 Å². The van der Waals surface area contributed by atoms with E-state index in [1.54, 1.807) is 0 Å². The summed E-state index contributed by atoms with van der Waals surface area (Å²) in [7, 11) is 0. The van der Waals surface area contributed by atoms with Crippen LogP contribution in [0.15, 0.2) is 46.9 Å². The Kier molecular flexibility index (Phi) is 3.74. The molecular weight excluding hydrogens is 324 g/mol. The normalized spacial score (nSPS) is 21.4. The monoisotopic (exact) mass is 337 g/mol. The van der Waals surface area contributed by atoms with Gasteiger partial charge in [-0.3, -0.25) is 0 Å². The molecule has 0 radical (unpaired) electrons. The summed E-state index contributed by atoms with van der Waals surface area (Å²) in [5.74, 6) is -0.369. The van der Waals surface area contributed by atoms with Crippen molar-refractivity contribution in [2.75, 3.05) is 5.32 Å². The van der Waals surface area contributed by atoms with Gasteiger partial charge in [-0.15, -0.1) is 0 Å². The van der Waals surface area contributed by atoms with Crippen LogP contribution in [0.3, 0.4) is 0 Å². The second kappa shape index (κ2) is 5.52. The van der Waals surface area contributed by atoms with Gasteiger partial charge in [0.25, 0.3) is 0 Å². The number of hydrogen-bond donors (Lipinski definition) is 1. The highest BCUT2D eigenvalue weighted by atomic mass is 79.9. The molecule has 0 saturated heterocycles. The number of halogens is 3. The van der Waals surface area contributed by atoms with Gasteiger partial charge < -0.3 is 5.32 Å². The first-order chi connectivity index (χ1) is 9.63. The fraction of sp³-hybridized carbons (Fsp3) is 0.250. The van der Waals surface area contributed by atoms with Gasteiger partial charge in [0, 0.05) is 12.1 Å². The van der Waals surface area contributed by atoms with Crippen molar-refractivity contribution in [3.63, 3.8) is 0 Å². The molecule has 0 unspecified atom stereocenters. The highest BCUT2D eigenvalue weighted by Crippen LogP contribution is 2.39. The lowest BCUT2D eigenvalue weighted by Crippen LogP contribution is -2.34. The topological polar surface area (TPSA) is 12.0 Å². The second-order valence-electron chi connectivity index (χ2n) is 5.17. The van der Waals surface area contributed by atoms with E-state index < -0.39 is 11.6 Å². The first kappa shape index (κ1) is 13.6. The molecule has 0 spiro atoms. The number of anilines is 1. The van der Waals surface area contributed by atoms with Crippen molar-refractivity contribution in [3.8, 4) is 0 Å². The Morgan fingerprint density at radius 3 is 2.40 bits per heavy atom. The van der Waals surface area contributed by atoms with Crippen molar-refractivity contribution in [3.05, 3.63) is 64.1 Å². The molecule has 1 N–H and O–H groups in total. The van der Waals surface area contributed by atoms with E-state index in [1.165, 1.54) is 11.6 Å². The van der Waals surface area contributed by atoms with Crippen LogP contribution in [0.25, 0.3) is 0 Å². The Bertz CT molecular complexity index is 609. The number of hydrogen-bond acceptors (Lipinski definition) is 1. The quantitative estimate of drug-likeness (QED) is 0.769. The third-order valence-corrected chi connectivity index (χ3v) is 4.39. The fourth-order valence-corrected chi connectivity index (χ4v) is 2.90. The molecule has 104 valence electrons. The van der Waals surface area contributed by atoms with Gasteiger partial charge >= 0.3 is 0 Å². The van der Waals surface area contributed by atoms with Crippen molar-refractivity contribution in [1.29, 1.82) is 0 Å². The summed E-state index contributed by atoms with van der Waals surface area (Å²) in [6.07, 6.45) is 1.89. The molecule has 1 aliphatic rings. The van der Waals surface area contributed by atoms with Crippen LogP contribution in [-0.4, -0.2) is 6.04 Å². The van der Waals surface area contributed by atoms with Gasteiger partial charge in [-0.1, -0.05) is 30.3 Å². The molecule has 1 aliphatic carbocycles. The molecule has 3 rings (SSSR count). The zero-order chi connectivity index (χ0) is 14.1. The largest absolute Gasteiger partial charge is 0.380 e. The van der Waals surface area contributed by atoms with E-state index in [0.29, 0.717) is 5.92 Å². The first-order valence-corrected chi connectivity index (χ1v) is 7.39. The smallest absolute Gasteiger partial charge is 0.147 e. The predicted octanol–water partition coefficient (Wildman–Crippen LogP) is 5.09. The lowest BCUT2D eigenvalue weighted by Gasteiger charge is -2.37. The summed E-state index contributed by atoms with van der Waals surface area (Å²) in [5, 5.41) is 3.08. The molecule has 0 aliphatic heterocycles. The van der Waals surface area contributed by atoms with E-state index in [0.717, 1.165) is 18.9 Å². The van der Waals surface area contributed by atoms with Crippen molar-refractivity contribution in [2.24, 2.45) is 0 Å². The molecule has 2 aromatic carbocycles. The second-order valence-corrected chi connectivity index (χ2v) is 6.02. The van der Waals surface area contributed by atoms with Gasteiger partial charge in [0.1, 0.15) is 11.6 Å². The van der Waals surface area contributed by atoms with Gasteiger partial charge in [-0.25, -0.2) is 8.78 Å². The van der Waals surface area contributed by atoms with Crippen molar-refractivity contribution in [1.82, 2.24) is 0 Å². The van der Waals surface area contributed by atoms with Crippen LogP contribution < -0.4 is 5.32 Å². The van der Waals surface area contributed by atoms with Crippen LogP contribution in [-0.2, 0) is 0 Å². The van der Waals surface area contributed by atoms with Crippen LogP contribution in [0.2, 0.25) is 0 Å². The Morgan fingerprint density at radius 1 is 1.00 bits per heavy atom. The minimum absolute atomic E-state index is 0.149. The van der Waals surface area contributed by atoms with Gasteiger partial charge in [0.15, 0.2) is 0 Å². The lowest BCUT2D eigenvalue weighted by atomic mass is 9.76. The Balaban J connectivity index is 1.63. The third kappa shape index (κ3) is 2.70. The highest BCUT2D eigenvalue weighted by molar-refractivity contribution is 9.10. The maximum absolute atomic E-state index is 13.7. The molecule has 20 heavy (non-hydrogen) atoms. The summed E-state index contributed by atoms with van der Waals surface area (Å²) < 4.78 is 27.3. The van der Waals surface area contributed by atoms with Crippen LogP contribution in [0.4, 0.5) is 14.5 Å². The molecule has 0 heterocycles. The molecule has 4 heteroatoms. The predicted molar refractivity (Wildman–Crippen MR) is 79.9 cm³/mol. The summed E-state index contributed by atoms with van der Waals surface area (Å²) in [5.41, 5.74) is 1.55. The van der Waals surface area contributed by atoms with Crippen LogP contribution in [0.5, 0.6) is 0 Å². The average Bonchev–Trinajstić information content (AvgIpc) is 2.40.